The summed E-state index contributed by atoms with van der Waals surface area (Å²) in [6.07, 6.45) is 3.70. The highest BCUT2D eigenvalue weighted by atomic mass is 16.6. The van der Waals surface area contributed by atoms with Crippen LogP contribution in [0.3, 0.4) is 0 Å². The van der Waals surface area contributed by atoms with Crippen LogP contribution in [0.5, 0.6) is 0 Å². The minimum atomic E-state index is -0.437. The lowest BCUT2D eigenvalue weighted by Crippen LogP contribution is -2.53. The van der Waals surface area contributed by atoms with Crippen molar-refractivity contribution in [1.82, 2.24) is 10.2 Å². The molecular weight excluding hydrogens is 256 g/mol. The van der Waals surface area contributed by atoms with Gasteiger partial charge in [0.25, 0.3) is 0 Å². The van der Waals surface area contributed by atoms with Crippen LogP contribution in [-0.4, -0.2) is 55.0 Å². The molecule has 0 radical (unpaired) electrons. The fourth-order valence-electron chi connectivity index (χ4n) is 2.96. The van der Waals surface area contributed by atoms with Gasteiger partial charge in [0.2, 0.25) is 0 Å². The van der Waals surface area contributed by atoms with Crippen LogP contribution in [0.1, 0.15) is 46.5 Å². The Morgan fingerprint density at radius 2 is 1.65 bits per heavy atom. The first-order chi connectivity index (χ1) is 9.47. The molecule has 2 saturated heterocycles. The highest BCUT2D eigenvalue weighted by molar-refractivity contribution is 5.69. The van der Waals surface area contributed by atoms with Gasteiger partial charge in [-0.2, -0.15) is 0 Å². The molecule has 2 rings (SSSR count). The summed E-state index contributed by atoms with van der Waals surface area (Å²) >= 11 is 0. The molecule has 0 aromatic rings. The number of hydrogen-bond acceptors (Lipinski definition) is 4. The average molecular weight is 284 g/mol. The van der Waals surface area contributed by atoms with E-state index >= 15 is 0 Å². The molecule has 2 fully saturated rings. The lowest BCUT2D eigenvalue weighted by molar-refractivity contribution is -0.0221. The van der Waals surface area contributed by atoms with E-state index in [9.17, 15) is 4.79 Å². The Morgan fingerprint density at radius 3 is 2.20 bits per heavy atom. The van der Waals surface area contributed by atoms with Crippen molar-refractivity contribution >= 4 is 6.09 Å². The average Bonchev–Trinajstić information content (AvgIpc) is 2.39. The predicted octanol–water partition coefficient (Wildman–Crippen LogP) is 2.15. The third-order valence-electron chi connectivity index (χ3n) is 3.89. The van der Waals surface area contributed by atoms with Gasteiger partial charge in [-0.25, -0.2) is 4.79 Å². The molecule has 0 aromatic carbocycles. The molecule has 0 unspecified atom stereocenters. The van der Waals surface area contributed by atoms with Crippen molar-refractivity contribution in [2.75, 3.05) is 26.3 Å². The van der Waals surface area contributed by atoms with Gasteiger partial charge >= 0.3 is 6.09 Å². The standard InChI is InChI=1S/C15H28N2O3/c1-15(2,3)20-14(18)17(12-4-8-16-9-5-12)13-6-10-19-11-7-13/h12-13,16H,4-11H2,1-3H3. The first-order valence-electron chi connectivity index (χ1n) is 7.77. The second kappa shape index (κ2) is 6.76. The zero-order valence-corrected chi connectivity index (χ0v) is 13.0. The Labute approximate surface area is 122 Å². The summed E-state index contributed by atoms with van der Waals surface area (Å²) < 4.78 is 11.1. The van der Waals surface area contributed by atoms with Crippen LogP contribution in [0, 0.1) is 0 Å². The summed E-state index contributed by atoms with van der Waals surface area (Å²) in [4.78, 5) is 14.6. The minimum absolute atomic E-state index is 0.156. The number of ether oxygens (including phenoxy) is 2. The highest BCUT2D eigenvalue weighted by Crippen LogP contribution is 2.24. The predicted molar refractivity (Wildman–Crippen MR) is 77.8 cm³/mol. The Kier molecular flexibility index (Phi) is 5.27. The van der Waals surface area contributed by atoms with Crippen LogP contribution in [0.25, 0.3) is 0 Å². The van der Waals surface area contributed by atoms with E-state index in [2.05, 4.69) is 5.32 Å². The normalized spacial score (nSPS) is 22.6. The summed E-state index contributed by atoms with van der Waals surface area (Å²) in [6.45, 7) is 9.23. The van der Waals surface area contributed by atoms with Crippen molar-refractivity contribution in [3.8, 4) is 0 Å². The SMILES string of the molecule is CC(C)(C)OC(=O)N(C1CCNCC1)C1CCOCC1. The summed E-state index contributed by atoms with van der Waals surface area (Å²) in [7, 11) is 0. The van der Waals surface area contributed by atoms with E-state index in [4.69, 9.17) is 9.47 Å². The number of carbonyl (C=O) groups excluding carboxylic acids is 1. The number of nitrogens with one attached hydrogen (secondary N) is 1. The third-order valence-corrected chi connectivity index (χ3v) is 3.89. The second-order valence-corrected chi connectivity index (χ2v) is 6.71. The number of carbonyl (C=O) groups is 1. The van der Waals surface area contributed by atoms with Crippen molar-refractivity contribution < 1.29 is 14.3 Å². The Bertz CT molecular complexity index is 298. The van der Waals surface area contributed by atoms with E-state index in [1.165, 1.54) is 0 Å². The van der Waals surface area contributed by atoms with Crippen LogP contribution in [0.2, 0.25) is 0 Å². The third kappa shape index (κ3) is 4.35. The van der Waals surface area contributed by atoms with Gasteiger partial charge < -0.3 is 19.7 Å². The van der Waals surface area contributed by atoms with Crippen LogP contribution in [-0.2, 0) is 9.47 Å². The molecule has 2 aliphatic rings. The minimum Gasteiger partial charge on any atom is -0.444 e. The lowest BCUT2D eigenvalue weighted by atomic mass is 9.99. The second-order valence-electron chi connectivity index (χ2n) is 6.71. The maximum absolute atomic E-state index is 12.6. The van der Waals surface area contributed by atoms with Gasteiger partial charge in [0.15, 0.2) is 0 Å². The molecule has 0 atom stereocenters. The molecule has 2 aliphatic heterocycles. The number of hydrogen-bond donors (Lipinski definition) is 1. The lowest BCUT2D eigenvalue weighted by Gasteiger charge is -2.42. The van der Waals surface area contributed by atoms with Gasteiger partial charge in [0, 0.05) is 25.3 Å². The van der Waals surface area contributed by atoms with Gasteiger partial charge in [-0.1, -0.05) is 0 Å². The zero-order chi connectivity index (χ0) is 14.6. The van der Waals surface area contributed by atoms with E-state index in [0.29, 0.717) is 6.04 Å². The quantitative estimate of drug-likeness (QED) is 0.844. The topological polar surface area (TPSA) is 50.8 Å². The van der Waals surface area contributed by atoms with Gasteiger partial charge in [-0.3, -0.25) is 0 Å². The molecule has 0 aromatic heterocycles. The van der Waals surface area contributed by atoms with Crippen molar-refractivity contribution in [3.05, 3.63) is 0 Å². The first-order valence-corrected chi connectivity index (χ1v) is 7.77. The Hall–Kier alpha value is -0.810. The molecule has 5 nitrogen and oxygen atoms in total. The van der Waals surface area contributed by atoms with Crippen molar-refractivity contribution in [3.63, 3.8) is 0 Å². The van der Waals surface area contributed by atoms with Crippen LogP contribution >= 0.6 is 0 Å². The molecule has 116 valence electrons. The van der Waals surface area contributed by atoms with Gasteiger partial charge in [-0.15, -0.1) is 0 Å². The molecule has 1 N–H and O–H groups in total. The van der Waals surface area contributed by atoms with E-state index in [1.807, 2.05) is 25.7 Å². The van der Waals surface area contributed by atoms with Crippen LogP contribution in [0.4, 0.5) is 4.79 Å². The Morgan fingerprint density at radius 1 is 1.10 bits per heavy atom. The smallest absolute Gasteiger partial charge is 0.410 e. The molecule has 2 heterocycles. The van der Waals surface area contributed by atoms with E-state index in [-0.39, 0.29) is 12.1 Å². The zero-order valence-electron chi connectivity index (χ0n) is 13.0. The maximum Gasteiger partial charge on any atom is 0.410 e. The first kappa shape index (κ1) is 15.6. The number of piperidine rings is 1. The van der Waals surface area contributed by atoms with E-state index < -0.39 is 5.60 Å². The molecule has 1 amide bonds. The van der Waals surface area contributed by atoms with Gasteiger partial charge in [0.1, 0.15) is 5.60 Å². The molecule has 0 spiro atoms. The highest BCUT2D eigenvalue weighted by Gasteiger charge is 2.35. The molecule has 0 bridgehead atoms. The molecule has 20 heavy (non-hydrogen) atoms. The van der Waals surface area contributed by atoms with E-state index in [1.54, 1.807) is 0 Å². The van der Waals surface area contributed by atoms with Crippen molar-refractivity contribution in [2.45, 2.75) is 64.1 Å². The fraction of sp³-hybridized carbons (Fsp3) is 0.933. The molecule has 5 heteroatoms. The van der Waals surface area contributed by atoms with Gasteiger partial charge in [0.05, 0.1) is 0 Å². The molecule has 0 saturated carbocycles. The molecular formula is C15H28N2O3. The van der Waals surface area contributed by atoms with Crippen LogP contribution < -0.4 is 5.32 Å². The number of nitrogens with zero attached hydrogens (tertiary/aromatic N) is 1. The number of amides is 1. The van der Waals surface area contributed by atoms with Gasteiger partial charge in [-0.05, 0) is 59.5 Å². The maximum atomic E-state index is 12.6. The van der Waals surface area contributed by atoms with E-state index in [0.717, 1.165) is 52.0 Å². The summed E-state index contributed by atoms with van der Waals surface area (Å²) in [5.74, 6) is 0. The Balaban J connectivity index is 2.07. The summed E-state index contributed by atoms with van der Waals surface area (Å²) in [5, 5.41) is 3.36. The fourth-order valence-corrected chi connectivity index (χ4v) is 2.96. The summed E-state index contributed by atoms with van der Waals surface area (Å²) in [5.41, 5.74) is -0.437. The monoisotopic (exact) mass is 284 g/mol. The largest absolute Gasteiger partial charge is 0.444 e. The van der Waals surface area contributed by atoms with Crippen LogP contribution in [0.15, 0.2) is 0 Å². The molecule has 0 aliphatic carbocycles. The summed E-state index contributed by atoms with van der Waals surface area (Å²) in [6, 6.07) is 0.566. The van der Waals surface area contributed by atoms with Crippen molar-refractivity contribution in [1.29, 1.82) is 0 Å². The number of rotatable bonds is 2. The van der Waals surface area contributed by atoms with Crippen molar-refractivity contribution in [2.24, 2.45) is 0 Å².